The molecule has 1 fully saturated rings. The van der Waals surface area contributed by atoms with Gasteiger partial charge in [-0.3, -0.25) is 0 Å². The Bertz CT molecular complexity index is 389. The van der Waals surface area contributed by atoms with Gasteiger partial charge in [-0.05, 0) is 53.0 Å². The van der Waals surface area contributed by atoms with Crippen molar-refractivity contribution in [3.63, 3.8) is 0 Å². The third-order valence-corrected chi connectivity index (χ3v) is 4.08. The summed E-state index contributed by atoms with van der Waals surface area (Å²) in [5.74, 6) is 0.844. The van der Waals surface area contributed by atoms with Gasteiger partial charge in [0.25, 0.3) is 0 Å². The molecule has 1 saturated heterocycles. The zero-order valence-corrected chi connectivity index (χ0v) is 11.6. The molecule has 1 aromatic carbocycles. The molecule has 1 aliphatic rings. The molecule has 1 aromatic rings. The van der Waals surface area contributed by atoms with E-state index >= 15 is 0 Å². The van der Waals surface area contributed by atoms with Crippen molar-refractivity contribution in [2.24, 2.45) is 5.41 Å². The quantitative estimate of drug-likeness (QED) is 0.893. The molecule has 2 N–H and O–H groups in total. The van der Waals surface area contributed by atoms with E-state index in [1.807, 2.05) is 6.07 Å². The first-order valence-corrected chi connectivity index (χ1v) is 6.62. The van der Waals surface area contributed by atoms with Crippen molar-refractivity contribution in [3.8, 4) is 5.75 Å². The lowest BCUT2D eigenvalue weighted by molar-refractivity contribution is 0.143. The molecule has 3 nitrogen and oxygen atoms in total. The first-order valence-electron chi connectivity index (χ1n) is 5.83. The predicted octanol–water partition coefficient (Wildman–Crippen LogP) is 1.97. The fraction of sp³-hybridized carbons (Fsp3) is 0.538. The van der Waals surface area contributed by atoms with E-state index in [2.05, 4.69) is 33.4 Å². The molecule has 0 aromatic heterocycles. The maximum atomic E-state index is 9.57. The lowest BCUT2D eigenvalue weighted by atomic mass is 9.82. The molecule has 0 radical (unpaired) electrons. The third-order valence-electron chi connectivity index (χ3n) is 3.46. The minimum Gasteiger partial charge on any atom is -0.496 e. The van der Waals surface area contributed by atoms with Gasteiger partial charge in [0.15, 0.2) is 0 Å². The molecule has 1 aliphatic heterocycles. The van der Waals surface area contributed by atoms with E-state index in [1.54, 1.807) is 7.11 Å². The Morgan fingerprint density at radius 2 is 2.35 bits per heavy atom. The highest BCUT2D eigenvalue weighted by Gasteiger charge is 2.33. The smallest absolute Gasteiger partial charge is 0.133 e. The van der Waals surface area contributed by atoms with E-state index in [9.17, 15) is 5.11 Å². The first kappa shape index (κ1) is 12.9. The van der Waals surface area contributed by atoms with Crippen LogP contribution in [-0.4, -0.2) is 31.9 Å². The molecule has 0 spiro atoms. The van der Waals surface area contributed by atoms with Gasteiger partial charge in [-0.2, -0.15) is 0 Å². The normalized spacial score (nSPS) is 23.9. The Morgan fingerprint density at radius 1 is 1.53 bits per heavy atom. The van der Waals surface area contributed by atoms with Gasteiger partial charge in [0.1, 0.15) is 5.75 Å². The number of hydrogen-bond donors (Lipinski definition) is 2. The highest BCUT2D eigenvalue weighted by atomic mass is 79.9. The highest BCUT2D eigenvalue weighted by molar-refractivity contribution is 9.10. The average Bonchev–Trinajstić information content (AvgIpc) is 2.79. The summed E-state index contributed by atoms with van der Waals surface area (Å²) in [5, 5.41) is 12.9. The van der Waals surface area contributed by atoms with E-state index in [4.69, 9.17) is 4.74 Å². The van der Waals surface area contributed by atoms with Crippen LogP contribution in [0, 0.1) is 5.41 Å². The van der Waals surface area contributed by atoms with E-state index in [-0.39, 0.29) is 12.0 Å². The van der Waals surface area contributed by atoms with Crippen molar-refractivity contribution in [2.75, 3.05) is 26.8 Å². The molecule has 4 heteroatoms. The molecule has 0 bridgehead atoms. The average molecular weight is 300 g/mol. The van der Waals surface area contributed by atoms with E-state index in [0.717, 1.165) is 36.2 Å². The van der Waals surface area contributed by atoms with Crippen LogP contribution in [0.5, 0.6) is 5.75 Å². The number of ether oxygens (including phenoxy) is 1. The second-order valence-corrected chi connectivity index (χ2v) is 5.58. The Morgan fingerprint density at radius 3 is 2.88 bits per heavy atom. The fourth-order valence-corrected chi connectivity index (χ4v) is 2.98. The summed E-state index contributed by atoms with van der Waals surface area (Å²) < 4.78 is 6.18. The van der Waals surface area contributed by atoms with E-state index in [1.165, 1.54) is 5.56 Å². The number of hydrogen-bond acceptors (Lipinski definition) is 3. The summed E-state index contributed by atoms with van der Waals surface area (Å²) in [4.78, 5) is 0. The number of rotatable bonds is 4. The summed E-state index contributed by atoms with van der Waals surface area (Å²) >= 11 is 3.49. The van der Waals surface area contributed by atoms with Crippen molar-refractivity contribution in [1.29, 1.82) is 0 Å². The Hall–Kier alpha value is -0.580. The summed E-state index contributed by atoms with van der Waals surface area (Å²) in [7, 11) is 1.66. The minimum atomic E-state index is 0.00796. The molecule has 0 aliphatic carbocycles. The molecule has 1 heterocycles. The van der Waals surface area contributed by atoms with Crippen LogP contribution in [0.25, 0.3) is 0 Å². The van der Waals surface area contributed by atoms with Gasteiger partial charge in [-0.1, -0.05) is 6.07 Å². The molecular formula is C13H18BrNO2. The monoisotopic (exact) mass is 299 g/mol. The summed E-state index contributed by atoms with van der Waals surface area (Å²) in [6.07, 6.45) is 1.94. The topological polar surface area (TPSA) is 41.5 Å². The Kier molecular flexibility index (Phi) is 4.07. The van der Waals surface area contributed by atoms with Crippen LogP contribution in [0.3, 0.4) is 0 Å². The summed E-state index contributed by atoms with van der Waals surface area (Å²) in [6.45, 7) is 2.13. The lowest BCUT2D eigenvalue weighted by Crippen LogP contribution is -2.30. The Balaban J connectivity index is 2.15. The molecule has 2 rings (SSSR count). The van der Waals surface area contributed by atoms with Crippen molar-refractivity contribution in [2.45, 2.75) is 12.8 Å². The van der Waals surface area contributed by atoms with Gasteiger partial charge in [-0.25, -0.2) is 0 Å². The number of methoxy groups -OCH3 is 1. The maximum Gasteiger partial charge on any atom is 0.133 e. The number of benzene rings is 1. The van der Waals surface area contributed by atoms with Gasteiger partial charge in [0.05, 0.1) is 18.2 Å². The zero-order valence-electron chi connectivity index (χ0n) is 10.0. The predicted molar refractivity (Wildman–Crippen MR) is 71.4 cm³/mol. The van der Waals surface area contributed by atoms with Gasteiger partial charge in [0, 0.05) is 12.0 Å². The molecule has 94 valence electrons. The third kappa shape index (κ3) is 2.81. The molecule has 0 saturated carbocycles. The van der Waals surface area contributed by atoms with Crippen LogP contribution in [0.15, 0.2) is 22.7 Å². The van der Waals surface area contributed by atoms with Crippen molar-refractivity contribution in [1.82, 2.24) is 5.32 Å². The van der Waals surface area contributed by atoms with Crippen LogP contribution in [0.4, 0.5) is 0 Å². The number of nitrogens with one attached hydrogen (secondary N) is 1. The maximum absolute atomic E-state index is 9.57. The van der Waals surface area contributed by atoms with Gasteiger partial charge < -0.3 is 15.2 Å². The van der Waals surface area contributed by atoms with Crippen molar-refractivity contribution >= 4 is 15.9 Å². The Labute approximate surface area is 110 Å². The standard InChI is InChI=1S/C13H18BrNO2/c1-17-12-3-2-10(6-11(12)14)7-13(9-16)4-5-15-8-13/h2-3,6,15-16H,4-5,7-9H2,1H3. The molecule has 0 amide bonds. The van der Waals surface area contributed by atoms with Crippen LogP contribution in [-0.2, 0) is 6.42 Å². The molecular weight excluding hydrogens is 282 g/mol. The van der Waals surface area contributed by atoms with Crippen molar-refractivity contribution in [3.05, 3.63) is 28.2 Å². The van der Waals surface area contributed by atoms with Crippen LogP contribution in [0.1, 0.15) is 12.0 Å². The second-order valence-electron chi connectivity index (χ2n) is 4.73. The zero-order chi connectivity index (χ0) is 12.3. The molecule has 1 atom stereocenters. The number of aliphatic hydroxyl groups is 1. The van der Waals surface area contributed by atoms with Gasteiger partial charge in [0.2, 0.25) is 0 Å². The van der Waals surface area contributed by atoms with E-state index in [0.29, 0.717) is 0 Å². The van der Waals surface area contributed by atoms with Crippen LogP contribution >= 0.6 is 15.9 Å². The fourth-order valence-electron chi connectivity index (χ4n) is 2.39. The SMILES string of the molecule is COc1ccc(CC2(CO)CCNC2)cc1Br. The van der Waals surface area contributed by atoms with Crippen molar-refractivity contribution < 1.29 is 9.84 Å². The highest BCUT2D eigenvalue weighted by Crippen LogP contribution is 2.32. The van der Waals surface area contributed by atoms with E-state index < -0.39 is 0 Å². The summed E-state index contributed by atoms with van der Waals surface area (Å²) in [5.41, 5.74) is 1.24. The van der Waals surface area contributed by atoms with Gasteiger partial charge in [-0.15, -0.1) is 0 Å². The second kappa shape index (κ2) is 5.38. The number of aliphatic hydroxyl groups excluding tert-OH is 1. The molecule has 1 unspecified atom stereocenters. The minimum absolute atomic E-state index is 0.00796. The largest absolute Gasteiger partial charge is 0.496 e. The molecule has 17 heavy (non-hydrogen) atoms. The first-order chi connectivity index (χ1) is 8.19. The lowest BCUT2D eigenvalue weighted by Gasteiger charge is -2.25. The van der Waals surface area contributed by atoms with Crippen LogP contribution in [0.2, 0.25) is 0 Å². The van der Waals surface area contributed by atoms with Gasteiger partial charge >= 0.3 is 0 Å². The summed E-state index contributed by atoms with van der Waals surface area (Å²) in [6, 6.07) is 6.11. The van der Waals surface area contributed by atoms with Crippen LogP contribution < -0.4 is 10.1 Å². The number of halogens is 1.